The quantitative estimate of drug-likeness (QED) is 0.656. The summed E-state index contributed by atoms with van der Waals surface area (Å²) in [6.07, 6.45) is 3.69. The number of rotatable bonds is 2. The molecule has 0 aliphatic heterocycles. The van der Waals surface area contributed by atoms with Crippen LogP contribution in [0.2, 0.25) is 0 Å². The second kappa shape index (κ2) is 6.14. The Morgan fingerprint density at radius 3 is 2.40 bits per heavy atom. The van der Waals surface area contributed by atoms with E-state index in [1.807, 2.05) is 0 Å². The average Bonchev–Trinajstić information content (AvgIpc) is 2.01. The normalized spacial score (nSPS) is 30.9. The topological polar surface area (TPSA) is 26.3 Å². The van der Waals surface area contributed by atoms with Gasteiger partial charge in [-0.3, -0.25) is 4.79 Å². The van der Waals surface area contributed by atoms with E-state index in [-0.39, 0.29) is 19.5 Å². The summed E-state index contributed by atoms with van der Waals surface area (Å²) in [7, 11) is 0. The van der Waals surface area contributed by atoms with Crippen LogP contribution in [0.5, 0.6) is 0 Å². The van der Waals surface area contributed by atoms with Crippen LogP contribution in [-0.4, -0.2) is 12.1 Å². The smallest absolute Gasteiger partial charge is 0.302 e. The van der Waals surface area contributed by atoms with Gasteiger partial charge in [-0.25, -0.2) is 0 Å². The third kappa shape index (κ3) is 4.23. The second-order valence-corrected chi connectivity index (χ2v) is 4.97. The van der Waals surface area contributed by atoms with E-state index in [0.29, 0.717) is 17.8 Å². The molecule has 1 aliphatic carbocycles. The van der Waals surface area contributed by atoms with Crippen LogP contribution in [0.4, 0.5) is 0 Å². The molecule has 2 heteroatoms. The summed E-state index contributed by atoms with van der Waals surface area (Å²) in [5.41, 5.74) is 0. The molecule has 0 aromatic carbocycles. The molecule has 0 amide bonds. The van der Waals surface area contributed by atoms with Gasteiger partial charge in [-0.15, -0.1) is 0 Å². The van der Waals surface area contributed by atoms with Crippen LogP contribution in [-0.2, 0) is 9.53 Å². The zero-order chi connectivity index (χ0) is 10.7. The SMILES string of the molecule is C.CC(=O)OC1CC(C)CCC1C(C)C. The lowest BCUT2D eigenvalue weighted by Crippen LogP contribution is -2.35. The minimum Gasteiger partial charge on any atom is -0.462 e. The predicted octanol–water partition coefficient (Wildman–Crippen LogP) is 3.65. The molecule has 1 fully saturated rings. The minimum absolute atomic E-state index is 0. The van der Waals surface area contributed by atoms with E-state index in [0.717, 1.165) is 6.42 Å². The van der Waals surface area contributed by atoms with Crippen molar-refractivity contribution in [2.24, 2.45) is 17.8 Å². The molecule has 0 spiro atoms. The molecule has 0 aromatic heterocycles. The standard InChI is InChI=1S/C12H22O2.CH4/c1-8(2)11-6-5-9(3)7-12(11)14-10(4)13;/h8-9,11-12H,5-7H2,1-4H3;1H4. The first-order valence-corrected chi connectivity index (χ1v) is 5.68. The summed E-state index contributed by atoms with van der Waals surface area (Å²) in [4.78, 5) is 11.0. The first-order chi connectivity index (χ1) is 6.50. The summed E-state index contributed by atoms with van der Waals surface area (Å²) < 4.78 is 5.40. The zero-order valence-corrected chi connectivity index (χ0v) is 9.75. The minimum atomic E-state index is -0.130. The van der Waals surface area contributed by atoms with Crippen LogP contribution in [0.25, 0.3) is 0 Å². The molecule has 3 unspecified atom stereocenters. The molecular formula is C13H26O2. The molecule has 3 atom stereocenters. The van der Waals surface area contributed by atoms with E-state index in [9.17, 15) is 4.79 Å². The number of hydrogen-bond donors (Lipinski definition) is 0. The summed E-state index contributed by atoms with van der Waals surface area (Å²) in [6, 6.07) is 0. The van der Waals surface area contributed by atoms with Gasteiger partial charge in [0, 0.05) is 6.92 Å². The van der Waals surface area contributed by atoms with E-state index in [1.165, 1.54) is 19.8 Å². The molecule has 0 N–H and O–H groups in total. The highest BCUT2D eigenvalue weighted by atomic mass is 16.5. The van der Waals surface area contributed by atoms with Crippen LogP contribution >= 0.6 is 0 Å². The maximum Gasteiger partial charge on any atom is 0.302 e. The zero-order valence-electron chi connectivity index (χ0n) is 9.75. The van der Waals surface area contributed by atoms with Crippen LogP contribution in [0.3, 0.4) is 0 Å². The van der Waals surface area contributed by atoms with E-state index in [1.54, 1.807) is 0 Å². The van der Waals surface area contributed by atoms with Gasteiger partial charge >= 0.3 is 5.97 Å². The van der Waals surface area contributed by atoms with Gasteiger partial charge in [-0.2, -0.15) is 0 Å². The molecule has 1 rings (SSSR count). The summed E-state index contributed by atoms with van der Waals surface area (Å²) >= 11 is 0. The second-order valence-electron chi connectivity index (χ2n) is 4.97. The van der Waals surface area contributed by atoms with Gasteiger partial charge < -0.3 is 4.74 Å². The average molecular weight is 214 g/mol. The van der Waals surface area contributed by atoms with E-state index < -0.39 is 0 Å². The molecule has 0 heterocycles. The summed E-state index contributed by atoms with van der Waals surface area (Å²) in [5, 5.41) is 0. The Balaban J connectivity index is 0.00000196. The fourth-order valence-corrected chi connectivity index (χ4v) is 2.46. The first-order valence-electron chi connectivity index (χ1n) is 5.68. The van der Waals surface area contributed by atoms with E-state index in [2.05, 4.69) is 20.8 Å². The Kier molecular flexibility index (Phi) is 5.92. The molecule has 2 nitrogen and oxygen atoms in total. The molecule has 0 radical (unpaired) electrons. The van der Waals surface area contributed by atoms with E-state index in [4.69, 9.17) is 4.74 Å². The van der Waals surface area contributed by atoms with Gasteiger partial charge in [0.15, 0.2) is 0 Å². The molecule has 90 valence electrons. The van der Waals surface area contributed by atoms with Gasteiger partial charge in [-0.05, 0) is 30.6 Å². The Hall–Kier alpha value is -0.530. The lowest BCUT2D eigenvalue weighted by molar-refractivity contribution is -0.153. The van der Waals surface area contributed by atoms with Crippen molar-refractivity contribution in [2.45, 2.75) is 60.5 Å². The van der Waals surface area contributed by atoms with Gasteiger partial charge in [0.1, 0.15) is 6.10 Å². The summed E-state index contributed by atoms with van der Waals surface area (Å²) in [6.45, 7) is 8.19. The molecule has 1 saturated carbocycles. The van der Waals surface area contributed by atoms with Crippen molar-refractivity contribution < 1.29 is 9.53 Å². The van der Waals surface area contributed by atoms with Crippen molar-refractivity contribution >= 4 is 5.97 Å². The Labute approximate surface area is 94.4 Å². The first kappa shape index (κ1) is 14.5. The molecule has 1 aliphatic rings. The largest absolute Gasteiger partial charge is 0.462 e. The molecule has 0 saturated heterocycles. The van der Waals surface area contributed by atoms with Crippen molar-refractivity contribution in [2.75, 3.05) is 0 Å². The Morgan fingerprint density at radius 2 is 1.93 bits per heavy atom. The fourth-order valence-electron chi connectivity index (χ4n) is 2.46. The molecule has 0 aromatic rings. The van der Waals surface area contributed by atoms with Gasteiger partial charge in [0.25, 0.3) is 0 Å². The number of carbonyl (C=O) groups is 1. The maximum atomic E-state index is 11.0. The number of esters is 1. The third-order valence-corrected chi connectivity index (χ3v) is 3.28. The maximum absolute atomic E-state index is 11.0. The number of carbonyl (C=O) groups excluding carboxylic acids is 1. The number of ether oxygens (including phenoxy) is 1. The lowest BCUT2D eigenvalue weighted by atomic mass is 9.75. The van der Waals surface area contributed by atoms with Crippen LogP contribution in [0, 0.1) is 17.8 Å². The van der Waals surface area contributed by atoms with Crippen molar-refractivity contribution in [1.82, 2.24) is 0 Å². The highest BCUT2D eigenvalue weighted by molar-refractivity contribution is 5.66. The predicted molar refractivity (Wildman–Crippen MR) is 63.6 cm³/mol. The van der Waals surface area contributed by atoms with Crippen molar-refractivity contribution in [3.63, 3.8) is 0 Å². The van der Waals surface area contributed by atoms with Gasteiger partial charge in [0.2, 0.25) is 0 Å². The lowest BCUT2D eigenvalue weighted by Gasteiger charge is -2.36. The van der Waals surface area contributed by atoms with Gasteiger partial charge in [-0.1, -0.05) is 34.6 Å². The van der Waals surface area contributed by atoms with Crippen molar-refractivity contribution in [3.8, 4) is 0 Å². The third-order valence-electron chi connectivity index (χ3n) is 3.28. The van der Waals surface area contributed by atoms with Crippen LogP contribution in [0.1, 0.15) is 54.4 Å². The highest BCUT2D eigenvalue weighted by Crippen LogP contribution is 2.35. The van der Waals surface area contributed by atoms with Crippen LogP contribution in [0.15, 0.2) is 0 Å². The van der Waals surface area contributed by atoms with E-state index >= 15 is 0 Å². The molecular weight excluding hydrogens is 188 g/mol. The van der Waals surface area contributed by atoms with Gasteiger partial charge in [0.05, 0.1) is 0 Å². The highest BCUT2D eigenvalue weighted by Gasteiger charge is 2.32. The van der Waals surface area contributed by atoms with Crippen molar-refractivity contribution in [1.29, 1.82) is 0 Å². The Morgan fingerprint density at radius 1 is 1.33 bits per heavy atom. The Bertz CT molecular complexity index is 199. The van der Waals surface area contributed by atoms with Crippen LogP contribution < -0.4 is 0 Å². The molecule has 0 bridgehead atoms. The fraction of sp³-hybridized carbons (Fsp3) is 0.923. The monoisotopic (exact) mass is 214 g/mol. The molecule has 15 heavy (non-hydrogen) atoms. The van der Waals surface area contributed by atoms with Crippen molar-refractivity contribution in [3.05, 3.63) is 0 Å². The number of hydrogen-bond acceptors (Lipinski definition) is 2. The summed E-state index contributed by atoms with van der Waals surface area (Å²) in [5.74, 6) is 1.76.